The lowest BCUT2D eigenvalue weighted by Gasteiger charge is -2.30. The highest BCUT2D eigenvalue weighted by atomic mass is 15.1. The van der Waals surface area contributed by atoms with Crippen molar-refractivity contribution >= 4 is 27.8 Å². The summed E-state index contributed by atoms with van der Waals surface area (Å²) in [5.74, 6) is 0. The molecule has 1 nitrogen and oxygen atoms in total. The normalized spacial score (nSPS) is 12.6. The number of nitrogens with zero attached hydrogens (tertiary/aromatic N) is 1. The van der Waals surface area contributed by atoms with Gasteiger partial charge in [0.05, 0.1) is 11.4 Å². The van der Waals surface area contributed by atoms with Crippen molar-refractivity contribution in [1.29, 1.82) is 0 Å². The highest BCUT2D eigenvalue weighted by Crippen LogP contribution is 2.55. The van der Waals surface area contributed by atoms with E-state index < -0.39 is 0 Å². The number of rotatable bonds is 7. The van der Waals surface area contributed by atoms with Gasteiger partial charge in [-0.05, 0) is 96.7 Å². The van der Waals surface area contributed by atoms with Crippen LogP contribution in [0.2, 0.25) is 0 Å². The third kappa shape index (κ3) is 5.81. The summed E-state index contributed by atoms with van der Waals surface area (Å²) in [5.41, 5.74) is 18.3. The van der Waals surface area contributed by atoms with Crippen LogP contribution in [0.1, 0.15) is 25.0 Å². The summed E-state index contributed by atoms with van der Waals surface area (Å²) in [7, 11) is 0. The molecule has 0 N–H and O–H groups in total. The molecule has 1 aliphatic rings. The minimum Gasteiger partial charge on any atom is -0.309 e. The molecule has 9 aromatic rings. The van der Waals surface area contributed by atoms with Gasteiger partial charge in [-0.25, -0.2) is 0 Å². The molecule has 10 rings (SSSR count). The fourth-order valence-corrected chi connectivity index (χ4v) is 8.74. The average molecular weight is 716 g/mol. The predicted molar refractivity (Wildman–Crippen MR) is 238 cm³/mol. The first kappa shape index (κ1) is 33.6. The maximum atomic E-state index is 2.48. The predicted octanol–water partition coefficient (Wildman–Crippen LogP) is 15.3. The van der Waals surface area contributed by atoms with E-state index >= 15 is 0 Å². The summed E-state index contributed by atoms with van der Waals surface area (Å²) >= 11 is 0. The molecule has 1 aliphatic carbocycles. The average Bonchev–Trinajstić information content (AvgIpc) is 3.51. The van der Waals surface area contributed by atoms with Crippen LogP contribution in [-0.4, -0.2) is 0 Å². The third-order valence-corrected chi connectivity index (χ3v) is 11.7. The van der Waals surface area contributed by atoms with Crippen LogP contribution in [-0.2, 0) is 5.41 Å². The Morgan fingerprint density at radius 2 is 0.804 bits per heavy atom. The van der Waals surface area contributed by atoms with Gasteiger partial charge in [-0.3, -0.25) is 0 Å². The minimum absolute atomic E-state index is 0.108. The van der Waals surface area contributed by atoms with Crippen molar-refractivity contribution < 1.29 is 0 Å². The lowest BCUT2D eigenvalue weighted by Crippen LogP contribution is -2.16. The highest BCUT2D eigenvalue weighted by Gasteiger charge is 2.37. The molecule has 0 aromatic heterocycles. The van der Waals surface area contributed by atoms with Crippen molar-refractivity contribution in [2.24, 2.45) is 0 Å². The zero-order chi connectivity index (χ0) is 37.6. The second kappa shape index (κ2) is 13.7. The van der Waals surface area contributed by atoms with Crippen LogP contribution < -0.4 is 4.90 Å². The van der Waals surface area contributed by atoms with Gasteiger partial charge in [0, 0.05) is 22.2 Å². The summed E-state index contributed by atoms with van der Waals surface area (Å²) in [4.78, 5) is 2.48. The molecule has 0 heterocycles. The van der Waals surface area contributed by atoms with Crippen molar-refractivity contribution in [1.82, 2.24) is 0 Å². The van der Waals surface area contributed by atoms with Crippen molar-refractivity contribution in [3.05, 3.63) is 223 Å². The molecule has 9 aromatic carbocycles. The Morgan fingerprint density at radius 3 is 1.52 bits per heavy atom. The first-order valence-electron chi connectivity index (χ1n) is 19.5. The molecule has 0 saturated carbocycles. The fourth-order valence-electron chi connectivity index (χ4n) is 8.74. The highest BCUT2D eigenvalue weighted by molar-refractivity contribution is 5.98. The van der Waals surface area contributed by atoms with Crippen molar-refractivity contribution in [2.45, 2.75) is 19.3 Å². The van der Waals surface area contributed by atoms with Crippen LogP contribution in [0, 0.1) is 0 Å². The van der Waals surface area contributed by atoms with Crippen LogP contribution in [0.15, 0.2) is 212 Å². The molecule has 0 bridgehead atoms. The maximum Gasteiger partial charge on any atom is 0.0543 e. The second-order valence-corrected chi connectivity index (χ2v) is 15.4. The fraction of sp³-hybridized carbons (Fsp3) is 0.0545. The number of hydrogen-bond donors (Lipinski definition) is 0. The van der Waals surface area contributed by atoms with Gasteiger partial charge < -0.3 is 4.90 Å². The van der Waals surface area contributed by atoms with Crippen LogP contribution >= 0.6 is 0 Å². The van der Waals surface area contributed by atoms with Crippen molar-refractivity contribution in [3.8, 4) is 55.6 Å². The van der Waals surface area contributed by atoms with E-state index in [0.29, 0.717) is 0 Å². The van der Waals surface area contributed by atoms with Gasteiger partial charge in [0.25, 0.3) is 0 Å². The number of fused-ring (bicyclic) bond motifs is 4. The molecule has 0 aliphatic heterocycles. The zero-order valence-electron chi connectivity index (χ0n) is 31.7. The van der Waals surface area contributed by atoms with E-state index in [9.17, 15) is 0 Å². The molecule has 56 heavy (non-hydrogen) atoms. The molecular weight excluding hydrogens is 675 g/mol. The Hall–Kier alpha value is -6.96. The number of para-hydroxylation sites is 1. The molecule has 0 amide bonds. The van der Waals surface area contributed by atoms with E-state index in [2.05, 4.69) is 231 Å². The number of benzene rings is 9. The monoisotopic (exact) mass is 715 g/mol. The van der Waals surface area contributed by atoms with Gasteiger partial charge in [-0.2, -0.15) is 0 Å². The molecular formula is C55H41N. The van der Waals surface area contributed by atoms with E-state index in [1.807, 2.05) is 0 Å². The van der Waals surface area contributed by atoms with E-state index in [1.54, 1.807) is 0 Å². The summed E-state index contributed by atoms with van der Waals surface area (Å²) in [6.07, 6.45) is 0. The molecule has 0 spiro atoms. The summed E-state index contributed by atoms with van der Waals surface area (Å²) in [6, 6.07) is 77.6. The zero-order valence-corrected chi connectivity index (χ0v) is 31.7. The first-order valence-corrected chi connectivity index (χ1v) is 19.5. The molecule has 266 valence electrons. The Labute approximate surface area is 329 Å². The summed E-state index contributed by atoms with van der Waals surface area (Å²) in [5, 5.41) is 2.52. The topological polar surface area (TPSA) is 3.24 Å². The lowest BCUT2D eigenvalue weighted by atomic mass is 9.82. The van der Waals surface area contributed by atoms with E-state index in [-0.39, 0.29) is 5.41 Å². The van der Waals surface area contributed by atoms with Gasteiger partial charge >= 0.3 is 0 Å². The lowest BCUT2D eigenvalue weighted by molar-refractivity contribution is 0.660. The standard InChI is InChI=1S/C55H41N/c1-55(2)50-19-10-8-18-49(50)54-51(55)20-12-22-53(54)56(52-21-11-9-17-48(52)44-30-27-40(28-31-44)38-13-4-3-5-14-38)47-35-33-42(34-36-47)41-23-25-43(26-24-41)46-32-29-39-15-6-7-16-45(39)37-46/h3-37H,1-2H3. The Bertz CT molecular complexity index is 2850. The molecule has 0 radical (unpaired) electrons. The van der Waals surface area contributed by atoms with Crippen LogP contribution in [0.25, 0.3) is 66.4 Å². The first-order chi connectivity index (χ1) is 27.5. The van der Waals surface area contributed by atoms with Gasteiger partial charge in [-0.1, -0.05) is 196 Å². The maximum absolute atomic E-state index is 2.48. The van der Waals surface area contributed by atoms with E-state index in [4.69, 9.17) is 0 Å². The van der Waals surface area contributed by atoms with Gasteiger partial charge in [0.1, 0.15) is 0 Å². The molecule has 0 unspecified atom stereocenters. The van der Waals surface area contributed by atoms with Crippen LogP contribution in [0.4, 0.5) is 17.1 Å². The van der Waals surface area contributed by atoms with Gasteiger partial charge in [0.2, 0.25) is 0 Å². The van der Waals surface area contributed by atoms with E-state index in [0.717, 1.165) is 11.4 Å². The van der Waals surface area contributed by atoms with Crippen molar-refractivity contribution in [3.63, 3.8) is 0 Å². The van der Waals surface area contributed by atoms with Crippen molar-refractivity contribution in [2.75, 3.05) is 4.90 Å². The number of anilines is 3. The SMILES string of the molecule is CC1(C)c2ccccc2-c2c(N(c3ccc(-c4ccc(-c5ccc6ccccc6c5)cc4)cc3)c3ccccc3-c3ccc(-c4ccccc4)cc3)cccc21. The largest absolute Gasteiger partial charge is 0.309 e. The Balaban J connectivity index is 1.07. The smallest absolute Gasteiger partial charge is 0.0543 e. The van der Waals surface area contributed by atoms with Gasteiger partial charge in [-0.15, -0.1) is 0 Å². The Morgan fingerprint density at radius 1 is 0.321 bits per heavy atom. The van der Waals surface area contributed by atoms with Crippen LogP contribution in [0.3, 0.4) is 0 Å². The summed E-state index contributed by atoms with van der Waals surface area (Å²) < 4.78 is 0. The quantitative estimate of drug-likeness (QED) is 0.159. The van der Waals surface area contributed by atoms with Crippen LogP contribution in [0.5, 0.6) is 0 Å². The Kier molecular flexibility index (Phi) is 8.23. The number of hydrogen-bond acceptors (Lipinski definition) is 1. The molecule has 0 atom stereocenters. The van der Waals surface area contributed by atoms with E-state index in [1.165, 1.54) is 83.2 Å². The second-order valence-electron chi connectivity index (χ2n) is 15.4. The summed E-state index contributed by atoms with van der Waals surface area (Å²) in [6.45, 7) is 4.71. The molecule has 1 heteroatoms. The minimum atomic E-state index is -0.108. The molecule has 0 fully saturated rings. The van der Waals surface area contributed by atoms with Gasteiger partial charge in [0.15, 0.2) is 0 Å². The molecule has 0 saturated heterocycles. The third-order valence-electron chi connectivity index (χ3n) is 11.7.